The number of rotatable bonds is 7. The van der Waals surface area contributed by atoms with E-state index in [1.165, 1.54) is 29.3 Å². The highest BCUT2D eigenvalue weighted by atomic mass is 32.2. The van der Waals surface area contributed by atoms with Gasteiger partial charge in [0.05, 0.1) is 4.90 Å². The monoisotopic (exact) mass is 439 g/mol. The van der Waals surface area contributed by atoms with Crippen molar-refractivity contribution in [1.82, 2.24) is 0 Å². The van der Waals surface area contributed by atoms with Crippen molar-refractivity contribution < 1.29 is 18.3 Å². The average Bonchev–Trinajstić information content (AvgIpc) is 2.71. The summed E-state index contributed by atoms with van der Waals surface area (Å²) in [7, 11) is -3.74. The summed E-state index contributed by atoms with van der Waals surface area (Å²) in [6.07, 6.45) is 2.40. The maximum Gasteiger partial charge on any atom is 0.328 e. The molecule has 3 aromatic carbocycles. The summed E-state index contributed by atoms with van der Waals surface area (Å²) >= 11 is 1.62. The molecule has 0 aliphatic heterocycles. The largest absolute Gasteiger partial charge is 0.478 e. The van der Waals surface area contributed by atoms with Crippen LogP contribution in [0, 0.1) is 13.8 Å². The fourth-order valence-corrected chi connectivity index (χ4v) is 4.62. The lowest BCUT2D eigenvalue weighted by Gasteiger charge is -2.10. The van der Waals surface area contributed by atoms with E-state index >= 15 is 0 Å². The van der Waals surface area contributed by atoms with Gasteiger partial charge < -0.3 is 5.11 Å². The van der Waals surface area contributed by atoms with E-state index in [4.69, 9.17) is 5.11 Å². The van der Waals surface area contributed by atoms with Gasteiger partial charge in [-0.05, 0) is 85.1 Å². The number of hydrogen-bond acceptors (Lipinski definition) is 4. The molecule has 0 unspecified atom stereocenters. The van der Waals surface area contributed by atoms with Crippen LogP contribution in [0.4, 0.5) is 5.69 Å². The van der Waals surface area contributed by atoms with Gasteiger partial charge in [0.1, 0.15) is 0 Å². The predicted molar refractivity (Wildman–Crippen MR) is 120 cm³/mol. The molecule has 154 valence electrons. The number of aliphatic carboxylic acids is 1. The molecule has 0 atom stereocenters. The first-order valence-electron chi connectivity index (χ1n) is 9.12. The summed E-state index contributed by atoms with van der Waals surface area (Å²) in [6, 6.07) is 19.5. The van der Waals surface area contributed by atoms with Crippen molar-refractivity contribution in [2.75, 3.05) is 4.72 Å². The van der Waals surface area contributed by atoms with Crippen molar-refractivity contribution in [3.8, 4) is 0 Å². The molecule has 0 saturated carbocycles. The molecule has 7 heteroatoms. The molecular formula is C23H21NO4S2. The Hall–Kier alpha value is -3.03. The smallest absolute Gasteiger partial charge is 0.328 e. The Bertz CT molecular complexity index is 1180. The summed E-state index contributed by atoms with van der Waals surface area (Å²) in [5.41, 5.74) is 3.54. The Kier molecular flexibility index (Phi) is 6.64. The molecule has 3 rings (SSSR count). The highest BCUT2D eigenvalue weighted by Gasteiger charge is 2.14. The summed E-state index contributed by atoms with van der Waals surface area (Å²) in [4.78, 5) is 12.8. The number of carbonyl (C=O) groups is 1. The lowest BCUT2D eigenvalue weighted by Crippen LogP contribution is -2.12. The Morgan fingerprint density at radius 2 is 1.53 bits per heavy atom. The Balaban J connectivity index is 1.69. The van der Waals surface area contributed by atoms with Crippen LogP contribution in [-0.4, -0.2) is 19.5 Å². The third-order valence-corrected chi connectivity index (χ3v) is 6.82. The first-order chi connectivity index (χ1) is 14.2. The van der Waals surface area contributed by atoms with E-state index in [1.807, 2.05) is 12.1 Å². The van der Waals surface area contributed by atoms with Gasteiger partial charge in [-0.25, -0.2) is 13.2 Å². The van der Waals surface area contributed by atoms with Crippen LogP contribution in [0.5, 0.6) is 0 Å². The number of benzene rings is 3. The highest BCUT2D eigenvalue weighted by Crippen LogP contribution is 2.30. The van der Waals surface area contributed by atoms with Gasteiger partial charge in [-0.1, -0.05) is 30.0 Å². The number of hydrogen-bond donors (Lipinski definition) is 2. The molecule has 30 heavy (non-hydrogen) atoms. The number of anilines is 1. The van der Waals surface area contributed by atoms with Gasteiger partial charge in [0.2, 0.25) is 0 Å². The lowest BCUT2D eigenvalue weighted by atomic mass is 10.1. The van der Waals surface area contributed by atoms with Gasteiger partial charge in [0.25, 0.3) is 10.0 Å². The van der Waals surface area contributed by atoms with Gasteiger partial charge in [-0.2, -0.15) is 0 Å². The molecular weight excluding hydrogens is 418 g/mol. The van der Waals surface area contributed by atoms with Crippen molar-refractivity contribution >= 4 is 39.5 Å². The Labute approximate surface area is 180 Å². The molecule has 2 N–H and O–H groups in total. The SMILES string of the molecule is Cc1ccc(Sc2ccc(NS(=O)(=O)c3ccc(/C=C/C(=O)O)cc3)cc2)cc1C. The third kappa shape index (κ3) is 5.75. The van der Waals surface area contributed by atoms with Crippen LogP contribution in [0.3, 0.4) is 0 Å². The zero-order valence-corrected chi connectivity index (χ0v) is 18.1. The summed E-state index contributed by atoms with van der Waals surface area (Å²) in [6.45, 7) is 4.15. The number of aryl methyl sites for hydroxylation is 2. The normalized spacial score (nSPS) is 11.5. The van der Waals surface area contributed by atoms with Crippen LogP contribution in [-0.2, 0) is 14.8 Å². The fraction of sp³-hybridized carbons (Fsp3) is 0.0870. The van der Waals surface area contributed by atoms with E-state index in [0.29, 0.717) is 11.3 Å². The second-order valence-corrected chi connectivity index (χ2v) is 9.55. The second kappa shape index (κ2) is 9.19. The summed E-state index contributed by atoms with van der Waals surface area (Å²) in [5.74, 6) is -1.06. The van der Waals surface area contributed by atoms with Crippen molar-refractivity contribution in [2.45, 2.75) is 28.5 Å². The van der Waals surface area contributed by atoms with E-state index in [-0.39, 0.29) is 4.90 Å². The zero-order chi connectivity index (χ0) is 21.7. The second-order valence-electron chi connectivity index (χ2n) is 6.72. The van der Waals surface area contributed by atoms with Gasteiger partial charge >= 0.3 is 5.97 Å². The molecule has 3 aromatic rings. The van der Waals surface area contributed by atoms with Crippen LogP contribution in [0.2, 0.25) is 0 Å². The van der Waals surface area contributed by atoms with Gasteiger partial charge in [-0.15, -0.1) is 0 Å². The minimum absolute atomic E-state index is 0.101. The number of nitrogens with one attached hydrogen (secondary N) is 1. The summed E-state index contributed by atoms with van der Waals surface area (Å²) < 4.78 is 27.8. The standard InChI is InChI=1S/C23H21NO4S2/c1-16-3-9-21(15-17(16)2)29-20-10-7-19(8-11-20)24-30(27,28)22-12-4-18(5-13-22)6-14-23(25)26/h3-15,24H,1-2H3,(H,25,26)/b14-6+. The van der Waals surface area contributed by atoms with E-state index in [0.717, 1.165) is 15.9 Å². The molecule has 0 radical (unpaired) electrons. The Morgan fingerprint density at radius 3 is 2.13 bits per heavy atom. The molecule has 0 aromatic heterocycles. The molecule has 0 aliphatic carbocycles. The van der Waals surface area contributed by atoms with Crippen LogP contribution >= 0.6 is 11.8 Å². The Morgan fingerprint density at radius 1 is 0.900 bits per heavy atom. The molecule has 0 heterocycles. The van der Waals surface area contributed by atoms with Gasteiger partial charge in [0.15, 0.2) is 0 Å². The molecule has 0 fully saturated rings. The van der Waals surface area contributed by atoms with E-state index in [2.05, 4.69) is 36.8 Å². The zero-order valence-electron chi connectivity index (χ0n) is 16.5. The summed E-state index contributed by atoms with van der Waals surface area (Å²) in [5, 5.41) is 8.65. The number of sulfonamides is 1. The molecule has 5 nitrogen and oxygen atoms in total. The van der Waals surface area contributed by atoms with Crippen molar-refractivity contribution in [3.63, 3.8) is 0 Å². The van der Waals surface area contributed by atoms with E-state index in [1.54, 1.807) is 36.0 Å². The minimum Gasteiger partial charge on any atom is -0.478 e. The quantitative estimate of drug-likeness (QED) is 0.485. The van der Waals surface area contributed by atoms with Crippen LogP contribution in [0.1, 0.15) is 16.7 Å². The van der Waals surface area contributed by atoms with Gasteiger partial charge in [-0.3, -0.25) is 4.72 Å². The maximum atomic E-state index is 12.6. The predicted octanol–water partition coefficient (Wildman–Crippen LogP) is 5.35. The number of carboxylic acids is 1. The molecule has 0 aliphatic rings. The van der Waals surface area contributed by atoms with Crippen molar-refractivity contribution in [2.24, 2.45) is 0 Å². The van der Waals surface area contributed by atoms with E-state index in [9.17, 15) is 13.2 Å². The first kappa shape index (κ1) is 21.7. The molecule has 0 spiro atoms. The number of carboxylic acid groups (broad SMARTS) is 1. The molecule has 0 amide bonds. The topological polar surface area (TPSA) is 83.5 Å². The maximum absolute atomic E-state index is 12.6. The van der Waals surface area contributed by atoms with Crippen molar-refractivity contribution in [3.05, 3.63) is 89.5 Å². The minimum atomic E-state index is -3.74. The molecule has 0 bridgehead atoms. The highest BCUT2D eigenvalue weighted by molar-refractivity contribution is 7.99. The lowest BCUT2D eigenvalue weighted by molar-refractivity contribution is -0.131. The van der Waals surface area contributed by atoms with Crippen LogP contribution < -0.4 is 4.72 Å². The van der Waals surface area contributed by atoms with Crippen LogP contribution in [0.25, 0.3) is 6.08 Å². The first-order valence-corrected chi connectivity index (χ1v) is 11.4. The molecule has 0 saturated heterocycles. The van der Waals surface area contributed by atoms with Crippen LogP contribution in [0.15, 0.2) is 87.5 Å². The van der Waals surface area contributed by atoms with Crippen molar-refractivity contribution in [1.29, 1.82) is 0 Å². The fourth-order valence-electron chi connectivity index (χ4n) is 2.64. The average molecular weight is 440 g/mol. The third-order valence-electron chi connectivity index (χ3n) is 4.43. The van der Waals surface area contributed by atoms with Gasteiger partial charge in [0, 0.05) is 21.6 Å². The van der Waals surface area contributed by atoms with E-state index < -0.39 is 16.0 Å².